The molecule has 3 nitrogen and oxygen atoms in total. The van der Waals surface area contributed by atoms with Gasteiger partial charge in [-0.1, -0.05) is 0 Å². The third-order valence-electron chi connectivity index (χ3n) is 1.83. The van der Waals surface area contributed by atoms with Gasteiger partial charge in [0.1, 0.15) is 6.54 Å². The second kappa shape index (κ2) is 7.83. The van der Waals surface area contributed by atoms with Gasteiger partial charge in [0.05, 0.1) is 31.5 Å². The second-order valence-electron chi connectivity index (χ2n) is 2.80. The molecule has 0 radical (unpaired) electrons. The number of hydroxylamine groups is 3. The first-order valence-electron chi connectivity index (χ1n) is 4.45. The topological polar surface area (TPSA) is 32.3 Å². The fourth-order valence-electron chi connectivity index (χ4n) is 1.02. The largest absolute Gasteiger partial charge is 0.633 e. The number of halogens is 2. The molecule has 0 rings (SSSR count). The number of hydrogen-bond donors (Lipinski definition) is 0. The van der Waals surface area contributed by atoms with Crippen LogP contribution in [0, 0.1) is 5.21 Å². The summed E-state index contributed by atoms with van der Waals surface area (Å²) in [6, 6.07) is 0. The molecule has 0 saturated heterocycles. The van der Waals surface area contributed by atoms with Crippen LogP contribution in [0.1, 0.15) is 6.92 Å². The Morgan fingerprint density at radius 2 is 1.69 bits per heavy atom. The van der Waals surface area contributed by atoms with E-state index in [4.69, 9.17) is 27.9 Å². The summed E-state index contributed by atoms with van der Waals surface area (Å²) in [5.41, 5.74) is 0. The van der Waals surface area contributed by atoms with Gasteiger partial charge in [0.2, 0.25) is 0 Å². The van der Waals surface area contributed by atoms with Crippen LogP contribution in [-0.4, -0.2) is 49.3 Å². The molecule has 0 unspecified atom stereocenters. The van der Waals surface area contributed by atoms with Gasteiger partial charge in [-0.25, -0.2) is 0 Å². The molecule has 0 aromatic carbocycles. The van der Waals surface area contributed by atoms with E-state index >= 15 is 0 Å². The number of quaternary nitrogens is 1. The Morgan fingerprint density at radius 1 is 1.15 bits per heavy atom. The lowest BCUT2D eigenvalue weighted by Crippen LogP contribution is -2.47. The first-order valence-corrected chi connectivity index (χ1v) is 5.52. The Bertz CT molecular complexity index is 119. The lowest BCUT2D eigenvalue weighted by Gasteiger charge is -2.41. The number of nitrogens with zero attached hydrogens (tertiary/aromatic N) is 1. The molecule has 0 heterocycles. The zero-order valence-electron chi connectivity index (χ0n) is 7.97. The predicted molar refractivity (Wildman–Crippen MR) is 56.2 cm³/mol. The zero-order valence-corrected chi connectivity index (χ0v) is 9.48. The van der Waals surface area contributed by atoms with Crippen LogP contribution in [0.3, 0.4) is 0 Å². The van der Waals surface area contributed by atoms with Crippen molar-refractivity contribution in [2.75, 3.05) is 44.6 Å². The van der Waals surface area contributed by atoms with E-state index in [-0.39, 0.29) is 4.65 Å². The fraction of sp³-hybridized carbons (Fsp3) is 1.00. The molecule has 5 heteroatoms. The average Bonchev–Trinajstić information content (AvgIpc) is 2.05. The van der Waals surface area contributed by atoms with Crippen LogP contribution in [-0.2, 0) is 4.74 Å². The maximum atomic E-state index is 11.9. The zero-order chi connectivity index (χ0) is 10.2. The molecule has 0 aliphatic carbocycles. The molecule has 0 bridgehead atoms. The van der Waals surface area contributed by atoms with Crippen molar-refractivity contribution in [3.05, 3.63) is 5.21 Å². The summed E-state index contributed by atoms with van der Waals surface area (Å²) >= 11 is 11.1. The Morgan fingerprint density at radius 3 is 2.08 bits per heavy atom. The molecule has 0 N–H and O–H groups in total. The monoisotopic (exact) mass is 229 g/mol. The summed E-state index contributed by atoms with van der Waals surface area (Å²) in [7, 11) is 0. The molecule has 0 aliphatic heterocycles. The highest BCUT2D eigenvalue weighted by Gasteiger charge is 2.14. The number of alkyl halides is 2. The first-order chi connectivity index (χ1) is 6.18. The van der Waals surface area contributed by atoms with Crippen molar-refractivity contribution in [3.63, 3.8) is 0 Å². The first kappa shape index (κ1) is 13.5. The van der Waals surface area contributed by atoms with Gasteiger partial charge in [0, 0.05) is 6.61 Å². The summed E-state index contributed by atoms with van der Waals surface area (Å²) in [5.74, 6) is 0.735. The summed E-state index contributed by atoms with van der Waals surface area (Å²) in [6.07, 6.45) is 0. The molecule has 80 valence electrons. The molecule has 13 heavy (non-hydrogen) atoms. The average molecular weight is 230 g/mol. The molecule has 0 aromatic rings. The van der Waals surface area contributed by atoms with E-state index in [2.05, 4.69) is 0 Å². The molecule has 0 fully saturated rings. The molecule has 0 saturated carbocycles. The Balaban J connectivity index is 3.76. The quantitative estimate of drug-likeness (QED) is 0.276. The van der Waals surface area contributed by atoms with E-state index < -0.39 is 0 Å². The lowest BCUT2D eigenvalue weighted by atomic mass is 10.4. The van der Waals surface area contributed by atoms with Gasteiger partial charge in [0.15, 0.2) is 0 Å². The van der Waals surface area contributed by atoms with Gasteiger partial charge < -0.3 is 14.6 Å². The highest BCUT2D eigenvalue weighted by Crippen LogP contribution is 2.05. The summed E-state index contributed by atoms with van der Waals surface area (Å²) in [6.45, 7) is 4.27. The van der Waals surface area contributed by atoms with Crippen molar-refractivity contribution in [2.45, 2.75) is 6.92 Å². The van der Waals surface area contributed by atoms with Crippen LogP contribution in [0.15, 0.2) is 0 Å². The third kappa shape index (κ3) is 6.52. The van der Waals surface area contributed by atoms with Crippen LogP contribution in [0.25, 0.3) is 0 Å². The van der Waals surface area contributed by atoms with Crippen molar-refractivity contribution in [1.82, 2.24) is 0 Å². The normalized spacial score (nSPS) is 12.0. The molecular formula is C8H17Cl2NO2. The van der Waals surface area contributed by atoms with Gasteiger partial charge in [-0.3, -0.25) is 0 Å². The Labute approximate surface area is 89.7 Å². The minimum absolute atomic E-state index is 0.340. The third-order valence-corrected chi connectivity index (χ3v) is 2.17. The number of rotatable bonds is 8. The van der Waals surface area contributed by atoms with E-state index in [1.165, 1.54) is 0 Å². The highest BCUT2D eigenvalue weighted by molar-refractivity contribution is 6.18. The van der Waals surface area contributed by atoms with Gasteiger partial charge >= 0.3 is 0 Å². The highest BCUT2D eigenvalue weighted by atomic mass is 35.5. The van der Waals surface area contributed by atoms with E-state index in [1.54, 1.807) is 0 Å². The van der Waals surface area contributed by atoms with Crippen molar-refractivity contribution >= 4 is 23.2 Å². The standard InChI is InChI=1S/C8H17Cl2NO2/c1-2-13-8-7-11(12,5-3-9)6-4-10/h2-8H2,1H3. The minimum atomic E-state index is -0.340. The Hall–Kier alpha value is 0.460. The number of ether oxygens (including phenoxy) is 1. The van der Waals surface area contributed by atoms with Gasteiger partial charge in [-0.15, -0.1) is 23.2 Å². The van der Waals surface area contributed by atoms with Crippen LogP contribution >= 0.6 is 23.2 Å². The van der Waals surface area contributed by atoms with Gasteiger partial charge in [-0.05, 0) is 6.92 Å². The molecule has 0 aromatic heterocycles. The Kier molecular flexibility index (Phi) is 8.10. The maximum Gasteiger partial charge on any atom is 0.102 e. The van der Waals surface area contributed by atoms with Crippen LogP contribution in [0.2, 0.25) is 0 Å². The second-order valence-corrected chi connectivity index (χ2v) is 3.56. The lowest BCUT2D eigenvalue weighted by molar-refractivity contribution is -0.876. The summed E-state index contributed by atoms with van der Waals surface area (Å²) in [5, 5.41) is 11.9. The summed E-state index contributed by atoms with van der Waals surface area (Å²) < 4.78 is 4.78. The molecule has 0 spiro atoms. The van der Waals surface area contributed by atoms with E-state index in [0.29, 0.717) is 44.6 Å². The minimum Gasteiger partial charge on any atom is -0.633 e. The number of hydrogen-bond acceptors (Lipinski definition) is 2. The van der Waals surface area contributed by atoms with Gasteiger partial charge in [0.25, 0.3) is 0 Å². The predicted octanol–water partition coefficient (Wildman–Crippen LogP) is 1.82. The van der Waals surface area contributed by atoms with Crippen LogP contribution < -0.4 is 0 Å². The molecule has 0 aliphatic rings. The maximum absolute atomic E-state index is 11.9. The van der Waals surface area contributed by atoms with Crippen molar-refractivity contribution < 1.29 is 9.38 Å². The summed E-state index contributed by atoms with van der Waals surface area (Å²) in [4.78, 5) is 0. The van der Waals surface area contributed by atoms with Gasteiger partial charge in [-0.2, -0.15) is 0 Å². The fourth-order valence-corrected chi connectivity index (χ4v) is 1.63. The van der Waals surface area contributed by atoms with Crippen molar-refractivity contribution in [2.24, 2.45) is 0 Å². The van der Waals surface area contributed by atoms with Crippen LogP contribution in [0.5, 0.6) is 0 Å². The van der Waals surface area contributed by atoms with Crippen molar-refractivity contribution in [1.29, 1.82) is 0 Å². The van der Waals surface area contributed by atoms with E-state index in [1.807, 2.05) is 6.92 Å². The molecular weight excluding hydrogens is 213 g/mol. The SMILES string of the molecule is CCOCC[N+]([O-])(CCCl)CCCl. The van der Waals surface area contributed by atoms with Crippen LogP contribution in [0.4, 0.5) is 0 Å². The van der Waals surface area contributed by atoms with E-state index in [0.717, 1.165) is 0 Å². The molecule has 0 amide bonds. The smallest absolute Gasteiger partial charge is 0.102 e. The molecule has 0 atom stereocenters. The van der Waals surface area contributed by atoms with Crippen molar-refractivity contribution in [3.8, 4) is 0 Å². The van der Waals surface area contributed by atoms with E-state index in [9.17, 15) is 5.21 Å².